The molecule has 1 unspecified atom stereocenters. The van der Waals surface area contributed by atoms with E-state index in [-0.39, 0.29) is 22.4 Å². The van der Waals surface area contributed by atoms with Crippen LogP contribution in [0.1, 0.15) is 11.1 Å². The molecule has 1 aromatic carbocycles. The van der Waals surface area contributed by atoms with Gasteiger partial charge in [-0.15, -0.1) is 0 Å². The number of nitrogens with one attached hydrogen (secondary N) is 1. The molecule has 138 valence electrons. The van der Waals surface area contributed by atoms with Crippen LogP contribution in [0, 0.1) is 0 Å². The highest BCUT2D eigenvalue weighted by atomic mass is 79.9. The highest BCUT2D eigenvalue weighted by molar-refractivity contribution is 9.10. The molecule has 2 rings (SSSR count). The first-order valence-electron chi connectivity index (χ1n) is 6.01. The van der Waals surface area contributed by atoms with Crippen molar-refractivity contribution < 1.29 is 34.8 Å². The number of halogens is 8. The van der Waals surface area contributed by atoms with Gasteiger partial charge in [0.15, 0.2) is 5.38 Å². The Kier molecular flexibility index (Phi) is 5.40. The van der Waals surface area contributed by atoms with E-state index in [9.17, 15) is 34.8 Å². The van der Waals surface area contributed by atoms with Crippen LogP contribution in [0.2, 0.25) is 0 Å². The van der Waals surface area contributed by atoms with Crippen LogP contribution in [-0.2, 0) is 22.4 Å². The van der Waals surface area contributed by atoms with Crippen molar-refractivity contribution in [1.29, 1.82) is 0 Å². The molecule has 0 fully saturated rings. The van der Waals surface area contributed by atoms with Gasteiger partial charge in [-0.2, -0.15) is 34.8 Å². The number of hydrogen-bond acceptors (Lipinski definition) is 2. The largest absolute Gasteiger partial charge is 0.416 e. The van der Waals surface area contributed by atoms with Gasteiger partial charge in [0.05, 0.1) is 21.3 Å². The number of sulfonamides is 1. The molecule has 1 N–H and O–H groups in total. The van der Waals surface area contributed by atoms with E-state index >= 15 is 0 Å². The standard InChI is InChI=1S/C12H6BrClF6NO2S2/c13-8-4-10(24(14)5-8)25(22,23)21-9-2-6(11(15,16)17)1-7(3-9)12(18,19)20/h1-5,21H/q+1. The molecule has 0 radical (unpaired) electrons. The maximum Gasteiger partial charge on any atom is 0.416 e. The minimum atomic E-state index is -5.09. The summed E-state index contributed by atoms with van der Waals surface area (Å²) in [4.78, 5) is 0. The van der Waals surface area contributed by atoms with Crippen molar-refractivity contribution in [2.24, 2.45) is 0 Å². The van der Waals surface area contributed by atoms with E-state index in [4.69, 9.17) is 10.7 Å². The van der Waals surface area contributed by atoms with E-state index in [0.29, 0.717) is 4.47 Å². The number of rotatable bonds is 3. The van der Waals surface area contributed by atoms with Crippen LogP contribution < -0.4 is 4.72 Å². The summed E-state index contributed by atoms with van der Waals surface area (Å²) in [6.07, 6.45) is -10.2. The van der Waals surface area contributed by atoms with Crippen LogP contribution in [0.5, 0.6) is 0 Å². The van der Waals surface area contributed by atoms with Crippen LogP contribution in [0.25, 0.3) is 0 Å². The Balaban J connectivity index is 2.53. The van der Waals surface area contributed by atoms with Crippen molar-refractivity contribution in [3.8, 4) is 0 Å². The number of thiophene rings is 1. The highest BCUT2D eigenvalue weighted by Gasteiger charge is 2.38. The predicted octanol–water partition coefficient (Wildman–Crippen LogP) is 6.04. The molecule has 0 saturated carbocycles. The molecule has 0 bridgehead atoms. The Morgan fingerprint density at radius 3 is 1.80 bits per heavy atom. The van der Waals surface area contributed by atoms with Crippen LogP contribution in [0.3, 0.4) is 0 Å². The van der Waals surface area contributed by atoms with Crippen molar-refractivity contribution in [1.82, 2.24) is 0 Å². The summed E-state index contributed by atoms with van der Waals surface area (Å²) in [5, 5.41) is 1.32. The fourth-order valence-electron chi connectivity index (χ4n) is 1.76. The molecule has 25 heavy (non-hydrogen) atoms. The third kappa shape index (κ3) is 4.80. The molecule has 3 nitrogen and oxygen atoms in total. The summed E-state index contributed by atoms with van der Waals surface area (Å²) >= 11 is 2.99. The lowest BCUT2D eigenvalue weighted by atomic mass is 10.1. The molecule has 1 aromatic heterocycles. The Bertz CT molecular complexity index is 875. The molecule has 1 heterocycles. The van der Waals surface area contributed by atoms with E-state index in [2.05, 4.69) is 15.9 Å². The second-order valence-electron chi connectivity index (χ2n) is 4.65. The zero-order chi connectivity index (χ0) is 19.2. The van der Waals surface area contributed by atoms with Gasteiger partial charge in [0.1, 0.15) is 9.68 Å². The monoisotopic (exact) mass is 488 g/mol. The third-order valence-corrected chi connectivity index (χ3v) is 7.88. The molecule has 0 aliphatic rings. The lowest BCUT2D eigenvalue weighted by molar-refractivity contribution is -0.143. The summed E-state index contributed by atoms with van der Waals surface area (Å²) in [5.41, 5.74) is -4.14. The minimum absolute atomic E-state index is 0.100. The zero-order valence-electron chi connectivity index (χ0n) is 11.5. The SMILES string of the molecule is O=S(=O)(Nc1cc(C(F)(F)F)cc(C(F)(F)F)c1)c1cc(Br)c[s+]1Cl. The summed E-state index contributed by atoms with van der Waals surface area (Å²) in [6.45, 7) is 0. The van der Waals surface area contributed by atoms with Gasteiger partial charge in [0.25, 0.3) is 0 Å². The van der Waals surface area contributed by atoms with E-state index in [1.807, 2.05) is 0 Å². The second-order valence-corrected chi connectivity index (χ2v) is 9.72. The van der Waals surface area contributed by atoms with Gasteiger partial charge >= 0.3 is 26.6 Å². The number of alkyl halides is 6. The van der Waals surface area contributed by atoms with Crippen molar-refractivity contribution >= 4 is 52.0 Å². The van der Waals surface area contributed by atoms with E-state index in [1.54, 1.807) is 4.72 Å². The molecule has 0 aliphatic heterocycles. The Hall–Kier alpha value is -0.980. The van der Waals surface area contributed by atoms with Crippen molar-refractivity contribution in [3.63, 3.8) is 0 Å². The molecule has 1 atom stereocenters. The maximum atomic E-state index is 12.8. The van der Waals surface area contributed by atoms with Crippen LogP contribution >= 0.6 is 36.3 Å². The first-order chi connectivity index (χ1) is 11.2. The summed E-state index contributed by atoms with van der Waals surface area (Å²) < 4.78 is 103. The smallest absolute Gasteiger partial charge is 0.276 e. The number of hydrogen-bond donors (Lipinski definition) is 1. The number of benzene rings is 1. The van der Waals surface area contributed by atoms with Crippen molar-refractivity contribution in [2.75, 3.05) is 4.72 Å². The van der Waals surface area contributed by atoms with Gasteiger partial charge in [-0.3, -0.25) is 4.72 Å². The molecular weight excluding hydrogens is 484 g/mol. The second kappa shape index (κ2) is 6.63. The zero-order valence-corrected chi connectivity index (χ0v) is 15.5. The fourth-order valence-corrected chi connectivity index (χ4v) is 6.89. The predicted molar refractivity (Wildman–Crippen MR) is 85.1 cm³/mol. The topological polar surface area (TPSA) is 46.2 Å². The highest BCUT2D eigenvalue weighted by Crippen LogP contribution is 2.40. The molecule has 0 saturated heterocycles. The number of anilines is 1. The van der Waals surface area contributed by atoms with Crippen molar-refractivity contribution in [2.45, 2.75) is 16.6 Å². The van der Waals surface area contributed by atoms with Gasteiger partial charge in [-0.05, 0) is 34.1 Å². The Labute approximate surface area is 153 Å². The first kappa shape index (κ1) is 20.3. The van der Waals surface area contributed by atoms with Crippen LogP contribution in [0.4, 0.5) is 32.0 Å². The summed E-state index contributed by atoms with van der Waals surface area (Å²) in [7, 11) is -0.0386. The molecule has 0 aliphatic carbocycles. The first-order valence-corrected chi connectivity index (χ1v) is 10.4. The van der Waals surface area contributed by atoms with E-state index in [1.165, 1.54) is 5.38 Å². The van der Waals surface area contributed by atoms with Crippen molar-refractivity contribution in [3.05, 3.63) is 45.2 Å². The Morgan fingerprint density at radius 2 is 1.44 bits per heavy atom. The van der Waals surface area contributed by atoms with Gasteiger partial charge < -0.3 is 0 Å². The lowest BCUT2D eigenvalue weighted by Gasteiger charge is -2.14. The third-order valence-electron chi connectivity index (χ3n) is 2.77. The Morgan fingerprint density at radius 1 is 0.960 bits per heavy atom. The molecular formula is C12H6BrClF6NO2S2+. The molecule has 0 spiro atoms. The van der Waals surface area contributed by atoms with E-state index < -0.39 is 48.9 Å². The average molecular weight is 490 g/mol. The maximum absolute atomic E-state index is 12.8. The van der Waals surface area contributed by atoms with Gasteiger partial charge in [0.2, 0.25) is 10.7 Å². The molecule has 0 amide bonds. The van der Waals surface area contributed by atoms with Gasteiger partial charge in [-0.1, -0.05) is 0 Å². The summed E-state index contributed by atoms with van der Waals surface area (Å²) in [6, 6.07) is 1.56. The normalized spacial score (nSPS) is 13.8. The average Bonchev–Trinajstić information content (AvgIpc) is 2.75. The molecule has 13 heteroatoms. The van der Waals surface area contributed by atoms with Gasteiger partial charge in [-0.25, -0.2) is 0 Å². The van der Waals surface area contributed by atoms with Crippen LogP contribution in [-0.4, -0.2) is 8.42 Å². The fraction of sp³-hybridized carbons (Fsp3) is 0.167. The molecule has 2 aromatic rings. The minimum Gasteiger partial charge on any atom is -0.276 e. The van der Waals surface area contributed by atoms with Gasteiger partial charge in [0, 0.05) is 6.07 Å². The van der Waals surface area contributed by atoms with E-state index in [0.717, 1.165) is 6.07 Å². The van der Waals surface area contributed by atoms with Crippen LogP contribution in [0.15, 0.2) is 38.3 Å². The summed E-state index contributed by atoms with van der Waals surface area (Å²) in [5.74, 6) is 0. The quantitative estimate of drug-likeness (QED) is 0.422. The lowest BCUT2D eigenvalue weighted by Crippen LogP contribution is -2.16.